The van der Waals surface area contributed by atoms with Gasteiger partial charge in [-0.25, -0.2) is 0 Å². The molecule has 0 aromatic heterocycles. The van der Waals surface area contributed by atoms with Crippen LogP contribution in [0.15, 0.2) is 24.3 Å². The van der Waals surface area contributed by atoms with Gasteiger partial charge in [-0.3, -0.25) is 4.79 Å². The van der Waals surface area contributed by atoms with Crippen LogP contribution in [0.3, 0.4) is 0 Å². The molecule has 0 bridgehead atoms. The number of amides is 1. The molecule has 1 saturated carbocycles. The van der Waals surface area contributed by atoms with Gasteiger partial charge in [0, 0.05) is 25.5 Å². The summed E-state index contributed by atoms with van der Waals surface area (Å²) in [6.07, 6.45) is 1.85. The lowest BCUT2D eigenvalue weighted by Crippen LogP contribution is -2.57. The second kappa shape index (κ2) is 6.05. The van der Waals surface area contributed by atoms with E-state index in [9.17, 15) is 4.79 Å². The largest absolute Gasteiger partial charge is 0.496 e. The lowest BCUT2D eigenvalue weighted by atomic mass is 9.98. The van der Waals surface area contributed by atoms with Crippen LogP contribution in [0.1, 0.15) is 31.2 Å². The van der Waals surface area contributed by atoms with Crippen molar-refractivity contribution >= 4 is 5.91 Å². The summed E-state index contributed by atoms with van der Waals surface area (Å²) in [5.41, 5.74) is 0.862. The molecule has 1 aliphatic carbocycles. The van der Waals surface area contributed by atoms with Gasteiger partial charge in [-0.05, 0) is 30.9 Å². The molecule has 1 amide bonds. The first-order valence-electron chi connectivity index (χ1n) is 8.79. The zero-order valence-electron chi connectivity index (χ0n) is 14.4. The molecule has 3 fully saturated rings. The predicted octanol–water partition coefficient (Wildman–Crippen LogP) is 2.21. The highest BCUT2D eigenvalue weighted by atomic mass is 16.6. The fourth-order valence-corrected chi connectivity index (χ4v) is 4.22. The Labute approximate surface area is 142 Å². The van der Waals surface area contributed by atoms with Gasteiger partial charge in [-0.15, -0.1) is 0 Å². The first kappa shape index (κ1) is 15.9. The number of hydrogen-bond donors (Lipinski definition) is 0. The van der Waals surface area contributed by atoms with Gasteiger partial charge in [0.1, 0.15) is 11.4 Å². The zero-order chi connectivity index (χ0) is 16.7. The molecule has 0 unspecified atom stereocenters. The second-order valence-corrected chi connectivity index (χ2v) is 7.32. The average molecular weight is 331 g/mol. The van der Waals surface area contributed by atoms with Gasteiger partial charge in [0.15, 0.2) is 0 Å². The van der Waals surface area contributed by atoms with Crippen molar-refractivity contribution in [3.63, 3.8) is 0 Å². The summed E-state index contributed by atoms with van der Waals surface area (Å²) in [5.74, 6) is 1.50. The number of hydrogen-bond acceptors (Lipinski definition) is 4. The van der Waals surface area contributed by atoms with E-state index in [1.807, 2.05) is 30.0 Å². The van der Waals surface area contributed by atoms with Crippen molar-refractivity contribution in [3.8, 4) is 5.75 Å². The minimum absolute atomic E-state index is 0.0628. The number of nitrogens with zero attached hydrogens (tertiary/aromatic N) is 1. The number of morpholine rings is 1. The maximum Gasteiger partial charge on any atom is 0.226 e. The molecule has 4 rings (SSSR count). The van der Waals surface area contributed by atoms with Crippen molar-refractivity contribution in [2.75, 3.05) is 33.4 Å². The molecular formula is C19H25NO4. The normalized spacial score (nSPS) is 35.2. The Kier molecular flexibility index (Phi) is 4.01. The highest BCUT2D eigenvalue weighted by molar-refractivity contribution is 5.83. The lowest BCUT2D eigenvalue weighted by Gasteiger charge is -2.43. The van der Waals surface area contributed by atoms with Crippen LogP contribution in [0.4, 0.5) is 0 Å². The molecule has 130 valence electrons. The molecule has 2 saturated heterocycles. The van der Waals surface area contributed by atoms with Crippen LogP contribution in [-0.2, 0) is 14.3 Å². The maximum atomic E-state index is 13.0. The number of methoxy groups -OCH3 is 1. The number of rotatable bonds is 3. The lowest BCUT2D eigenvalue weighted by molar-refractivity contribution is -0.167. The highest BCUT2D eigenvalue weighted by Crippen LogP contribution is 2.51. The molecule has 4 atom stereocenters. The third-order valence-corrected chi connectivity index (χ3v) is 5.43. The van der Waals surface area contributed by atoms with E-state index in [4.69, 9.17) is 14.2 Å². The Hall–Kier alpha value is -1.59. The summed E-state index contributed by atoms with van der Waals surface area (Å²) in [7, 11) is 1.69. The van der Waals surface area contributed by atoms with Crippen LogP contribution in [0.25, 0.3) is 0 Å². The Morgan fingerprint density at radius 3 is 2.96 bits per heavy atom. The highest BCUT2D eigenvalue weighted by Gasteiger charge is 2.50. The van der Waals surface area contributed by atoms with Crippen molar-refractivity contribution in [2.45, 2.75) is 37.4 Å². The monoisotopic (exact) mass is 331 g/mol. The van der Waals surface area contributed by atoms with Crippen LogP contribution in [0.5, 0.6) is 5.75 Å². The van der Waals surface area contributed by atoms with E-state index in [-0.39, 0.29) is 29.4 Å². The van der Waals surface area contributed by atoms with E-state index in [2.05, 4.69) is 6.07 Å². The van der Waals surface area contributed by atoms with Gasteiger partial charge >= 0.3 is 0 Å². The molecule has 1 aromatic rings. The molecule has 3 aliphatic rings. The molecule has 5 nitrogen and oxygen atoms in total. The van der Waals surface area contributed by atoms with Gasteiger partial charge < -0.3 is 19.1 Å². The summed E-state index contributed by atoms with van der Waals surface area (Å²) in [6, 6.07) is 8.02. The van der Waals surface area contributed by atoms with Crippen molar-refractivity contribution in [2.24, 2.45) is 5.92 Å². The smallest absolute Gasteiger partial charge is 0.226 e. The summed E-state index contributed by atoms with van der Waals surface area (Å²) in [5, 5.41) is 0. The Morgan fingerprint density at radius 2 is 2.21 bits per heavy atom. The molecule has 5 heteroatoms. The molecule has 2 heterocycles. The Morgan fingerprint density at radius 1 is 1.38 bits per heavy atom. The second-order valence-electron chi connectivity index (χ2n) is 7.32. The number of benzene rings is 1. The number of carbonyl (C=O) groups is 1. The van der Waals surface area contributed by atoms with Crippen molar-refractivity contribution in [3.05, 3.63) is 29.8 Å². The number of para-hydroxylation sites is 1. The molecule has 1 aromatic carbocycles. The summed E-state index contributed by atoms with van der Waals surface area (Å²) in [4.78, 5) is 15.0. The molecule has 1 spiro atoms. The predicted molar refractivity (Wildman–Crippen MR) is 89.1 cm³/mol. The van der Waals surface area contributed by atoms with E-state index in [1.54, 1.807) is 7.11 Å². The number of carbonyl (C=O) groups excluding carboxylic acids is 1. The Bertz CT molecular complexity index is 626. The SMILES string of the molecule is COc1ccccc1[C@@H]1C[C@H]1C(=O)N1C[C@@H](C)O[C@]2(CCOC2)C1. The summed E-state index contributed by atoms with van der Waals surface area (Å²) in [6.45, 7) is 4.70. The topological polar surface area (TPSA) is 48.0 Å². The van der Waals surface area contributed by atoms with Gasteiger partial charge in [0.05, 0.1) is 26.4 Å². The molecule has 0 N–H and O–H groups in total. The minimum Gasteiger partial charge on any atom is -0.496 e. The van der Waals surface area contributed by atoms with Crippen LogP contribution in [-0.4, -0.2) is 55.9 Å². The van der Waals surface area contributed by atoms with Crippen LogP contribution < -0.4 is 4.74 Å². The first-order chi connectivity index (χ1) is 11.6. The molecule has 24 heavy (non-hydrogen) atoms. The Balaban J connectivity index is 1.47. The number of ether oxygens (including phenoxy) is 3. The molecular weight excluding hydrogens is 306 g/mol. The average Bonchev–Trinajstić information content (AvgIpc) is 3.27. The van der Waals surface area contributed by atoms with E-state index < -0.39 is 0 Å². The van der Waals surface area contributed by atoms with E-state index in [0.717, 1.165) is 30.8 Å². The zero-order valence-corrected chi connectivity index (χ0v) is 14.4. The summed E-state index contributed by atoms with van der Waals surface area (Å²) < 4.78 is 17.1. The molecule has 0 radical (unpaired) electrons. The summed E-state index contributed by atoms with van der Waals surface area (Å²) >= 11 is 0. The van der Waals surface area contributed by atoms with Crippen molar-refractivity contribution in [1.82, 2.24) is 4.90 Å². The van der Waals surface area contributed by atoms with Crippen LogP contribution >= 0.6 is 0 Å². The third kappa shape index (κ3) is 2.80. The fourth-order valence-electron chi connectivity index (χ4n) is 4.22. The fraction of sp³-hybridized carbons (Fsp3) is 0.632. The van der Waals surface area contributed by atoms with Gasteiger partial charge in [0.2, 0.25) is 5.91 Å². The van der Waals surface area contributed by atoms with E-state index >= 15 is 0 Å². The standard InChI is InChI=1S/C19H25NO4/c1-13-10-20(11-19(24-13)7-8-23-12-19)18(21)16-9-15(16)14-5-3-4-6-17(14)22-2/h3-6,13,15-16H,7-12H2,1-2H3/t13-,15+,16-,19-/m1/s1. The first-order valence-corrected chi connectivity index (χ1v) is 8.79. The van der Waals surface area contributed by atoms with Crippen molar-refractivity contribution < 1.29 is 19.0 Å². The van der Waals surface area contributed by atoms with Crippen LogP contribution in [0.2, 0.25) is 0 Å². The maximum absolute atomic E-state index is 13.0. The molecule has 2 aliphatic heterocycles. The van der Waals surface area contributed by atoms with Gasteiger partial charge in [-0.1, -0.05) is 18.2 Å². The van der Waals surface area contributed by atoms with Gasteiger partial charge in [0.25, 0.3) is 0 Å². The van der Waals surface area contributed by atoms with Crippen molar-refractivity contribution in [1.29, 1.82) is 0 Å². The third-order valence-electron chi connectivity index (χ3n) is 5.43. The van der Waals surface area contributed by atoms with E-state index in [1.165, 1.54) is 0 Å². The minimum atomic E-state index is -0.290. The van der Waals surface area contributed by atoms with E-state index in [0.29, 0.717) is 19.7 Å². The van der Waals surface area contributed by atoms with Crippen LogP contribution in [0, 0.1) is 5.92 Å². The van der Waals surface area contributed by atoms with Gasteiger partial charge in [-0.2, -0.15) is 0 Å². The quantitative estimate of drug-likeness (QED) is 0.852.